The third-order valence-electron chi connectivity index (χ3n) is 2.84. The molecule has 2 aromatic carbocycles. The molecule has 0 radical (unpaired) electrons. The van der Waals surface area contributed by atoms with Crippen molar-refractivity contribution < 1.29 is 9.66 Å². The summed E-state index contributed by atoms with van der Waals surface area (Å²) in [6, 6.07) is 10.4. The van der Waals surface area contributed by atoms with Crippen molar-refractivity contribution in [2.45, 2.75) is 13.5 Å². The monoisotopic (exact) mass is 336 g/mol. The molecular weight excluding hydrogens is 324 g/mol. The summed E-state index contributed by atoms with van der Waals surface area (Å²) in [5, 5.41) is 11.1. The van der Waals surface area contributed by atoms with Gasteiger partial charge in [0.25, 0.3) is 0 Å². The maximum Gasteiger partial charge on any atom is 0.314 e. The molecule has 0 saturated heterocycles. The van der Waals surface area contributed by atoms with E-state index in [4.69, 9.17) is 10.5 Å². The number of hydrogen-bond donors (Lipinski definition) is 1. The first-order valence-electron chi connectivity index (χ1n) is 5.93. The minimum atomic E-state index is -0.438. The zero-order valence-corrected chi connectivity index (χ0v) is 12.4. The van der Waals surface area contributed by atoms with Gasteiger partial charge >= 0.3 is 5.69 Å². The summed E-state index contributed by atoms with van der Waals surface area (Å²) in [6.45, 7) is 2.10. The van der Waals surface area contributed by atoms with Crippen LogP contribution >= 0.6 is 15.9 Å². The number of aryl methyl sites for hydroxylation is 1. The Morgan fingerprint density at radius 3 is 2.65 bits per heavy atom. The van der Waals surface area contributed by atoms with Crippen molar-refractivity contribution in [1.29, 1.82) is 0 Å². The van der Waals surface area contributed by atoms with Gasteiger partial charge in [-0.25, -0.2) is 0 Å². The van der Waals surface area contributed by atoms with Crippen molar-refractivity contribution in [3.05, 3.63) is 62.1 Å². The number of hydrogen-bond acceptors (Lipinski definition) is 4. The maximum atomic E-state index is 11.1. The molecule has 20 heavy (non-hydrogen) atoms. The Morgan fingerprint density at radius 1 is 1.30 bits per heavy atom. The number of nitro benzene ring substituents is 1. The van der Waals surface area contributed by atoms with Crippen LogP contribution in [-0.4, -0.2) is 4.92 Å². The van der Waals surface area contributed by atoms with E-state index in [9.17, 15) is 10.1 Å². The molecule has 2 aromatic rings. The van der Waals surface area contributed by atoms with Crippen molar-refractivity contribution in [3.8, 4) is 11.5 Å². The third-order valence-corrected chi connectivity index (χ3v) is 3.45. The topological polar surface area (TPSA) is 78.4 Å². The lowest BCUT2D eigenvalue weighted by Gasteiger charge is -2.10. The highest BCUT2D eigenvalue weighted by molar-refractivity contribution is 9.10. The minimum absolute atomic E-state index is 0.0256. The Labute approximate surface area is 124 Å². The van der Waals surface area contributed by atoms with Gasteiger partial charge in [-0.1, -0.05) is 18.2 Å². The van der Waals surface area contributed by atoms with Gasteiger partial charge in [-0.15, -0.1) is 0 Å². The Hall–Kier alpha value is -1.92. The molecule has 0 atom stereocenters. The number of nitrogens with zero attached hydrogens (tertiary/aromatic N) is 1. The molecule has 6 heteroatoms. The summed E-state index contributed by atoms with van der Waals surface area (Å²) >= 11 is 3.38. The first-order valence-corrected chi connectivity index (χ1v) is 6.72. The normalized spacial score (nSPS) is 10.3. The highest BCUT2D eigenvalue weighted by Crippen LogP contribution is 2.36. The lowest BCUT2D eigenvalue weighted by molar-refractivity contribution is -0.386. The molecule has 0 heterocycles. The van der Waals surface area contributed by atoms with Crippen molar-refractivity contribution in [2.75, 3.05) is 0 Å². The fraction of sp³-hybridized carbons (Fsp3) is 0.143. The molecule has 0 bridgehead atoms. The summed E-state index contributed by atoms with van der Waals surface area (Å²) < 4.78 is 6.36. The Bertz CT molecular complexity index is 659. The number of para-hydroxylation sites is 1. The lowest BCUT2D eigenvalue weighted by atomic mass is 10.2. The van der Waals surface area contributed by atoms with Crippen LogP contribution in [0.4, 0.5) is 5.69 Å². The number of halogens is 1. The van der Waals surface area contributed by atoms with Crippen LogP contribution in [0.3, 0.4) is 0 Å². The van der Waals surface area contributed by atoms with Crippen molar-refractivity contribution in [2.24, 2.45) is 5.73 Å². The van der Waals surface area contributed by atoms with Gasteiger partial charge in [-0.05, 0) is 46.6 Å². The van der Waals surface area contributed by atoms with Gasteiger partial charge in [0, 0.05) is 12.1 Å². The quantitative estimate of drug-likeness (QED) is 0.677. The Balaban J connectivity index is 2.40. The zero-order chi connectivity index (χ0) is 14.7. The molecule has 5 nitrogen and oxygen atoms in total. The molecule has 0 spiro atoms. The van der Waals surface area contributed by atoms with Gasteiger partial charge in [0.2, 0.25) is 5.75 Å². The second-order valence-corrected chi connectivity index (χ2v) is 5.10. The maximum absolute atomic E-state index is 11.1. The summed E-state index contributed by atoms with van der Waals surface area (Å²) in [7, 11) is 0. The molecule has 0 unspecified atom stereocenters. The van der Waals surface area contributed by atoms with E-state index in [-0.39, 0.29) is 11.4 Å². The van der Waals surface area contributed by atoms with Crippen molar-refractivity contribution >= 4 is 21.6 Å². The molecule has 0 aliphatic rings. The van der Waals surface area contributed by atoms with Gasteiger partial charge in [-0.2, -0.15) is 0 Å². The Morgan fingerprint density at radius 2 is 2.05 bits per heavy atom. The smallest absolute Gasteiger partial charge is 0.314 e. The predicted molar refractivity (Wildman–Crippen MR) is 79.9 cm³/mol. The van der Waals surface area contributed by atoms with E-state index < -0.39 is 4.92 Å². The Kier molecular flexibility index (Phi) is 4.36. The van der Waals surface area contributed by atoms with Gasteiger partial charge in [-0.3, -0.25) is 10.1 Å². The van der Waals surface area contributed by atoms with Gasteiger partial charge in [0.05, 0.1) is 9.40 Å². The highest BCUT2D eigenvalue weighted by Gasteiger charge is 2.19. The molecule has 104 valence electrons. The summed E-state index contributed by atoms with van der Waals surface area (Å²) in [5.74, 6) is 0.729. The molecule has 0 amide bonds. The SMILES string of the molecule is Cc1cccc(Oc2ccc(CN)cc2Br)c1[N+](=O)[O-]. The van der Waals surface area contributed by atoms with Crippen LogP contribution in [0.2, 0.25) is 0 Å². The molecule has 2 N–H and O–H groups in total. The zero-order valence-electron chi connectivity index (χ0n) is 10.8. The molecule has 0 aliphatic heterocycles. The van der Waals surface area contributed by atoms with Gasteiger partial charge in [0.15, 0.2) is 0 Å². The number of nitro groups is 1. The van der Waals surface area contributed by atoms with E-state index in [1.807, 2.05) is 12.1 Å². The van der Waals surface area contributed by atoms with E-state index >= 15 is 0 Å². The van der Waals surface area contributed by atoms with Gasteiger partial charge < -0.3 is 10.5 Å². The molecule has 2 rings (SSSR count). The van der Waals surface area contributed by atoms with Crippen LogP contribution in [0.25, 0.3) is 0 Å². The average molecular weight is 337 g/mol. The minimum Gasteiger partial charge on any atom is -0.449 e. The van der Waals surface area contributed by atoms with Crippen LogP contribution in [0.5, 0.6) is 11.5 Å². The van der Waals surface area contributed by atoms with Crippen LogP contribution in [0.15, 0.2) is 40.9 Å². The van der Waals surface area contributed by atoms with E-state index in [0.717, 1.165) is 5.56 Å². The van der Waals surface area contributed by atoms with Crippen LogP contribution in [-0.2, 0) is 6.54 Å². The first-order chi connectivity index (χ1) is 9.52. The highest BCUT2D eigenvalue weighted by atomic mass is 79.9. The summed E-state index contributed by atoms with van der Waals surface area (Å²) in [5.41, 5.74) is 7.03. The molecular formula is C14H13BrN2O3. The predicted octanol–water partition coefficient (Wildman–Crippen LogP) is 3.92. The van der Waals surface area contributed by atoms with Gasteiger partial charge in [0.1, 0.15) is 5.75 Å². The summed E-state index contributed by atoms with van der Waals surface area (Å²) in [6.07, 6.45) is 0. The molecule has 0 fully saturated rings. The number of benzene rings is 2. The van der Waals surface area contributed by atoms with E-state index in [1.165, 1.54) is 0 Å². The lowest BCUT2D eigenvalue weighted by Crippen LogP contribution is -1.98. The van der Waals surface area contributed by atoms with Crippen LogP contribution in [0, 0.1) is 17.0 Å². The molecule has 0 aliphatic carbocycles. The second kappa shape index (κ2) is 6.02. The molecule has 0 aromatic heterocycles. The standard InChI is InChI=1S/C14H13BrN2O3/c1-9-3-2-4-13(14(9)17(18)19)20-12-6-5-10(8-16)7-11(12)15/h2-7H,8,16H2,1H3. The first kappa shape index (κ1) is 14.5. The summed E-state index contributed by atoms with van der Waals surface area (Å²) in [4.78, 5) is 10.7. The largest absolute Gasteiger partial charge is 0.449 e. The van der Waals surface area contributed by atoms with E-state index in [1.54, 1.807) is 31.2 Å². The van der Waals surface area contributed by atoms with Crippen molar-refractivity contribution in [1.82, 2.24) is 0 Å². The van der Waals surface area contributed by atoms with Crippen LogP contribution in [0.1, 0.15) is 11.1 Å². The van der Waals surface area contributed by atoms with Crippen molar-refractivity contribution in [3.63, 3.8) is 0 Å². The fourth-order valence-corrected chi connectivity index (χ4v) is 2.33. The van der Waals surface area contributed by atoms with Crippen LogP contribution < -0.4 is 10.5 Å². The number of ether oxygens (including phenoxy) is 1. The average Bonchev–Trinajstić information content (AvgIpc) is 2.40. The van der Waals surface area contributed by atoms with E-state index in [0.29, 0.717) is 22.3 Å². The second-order valence-electron chi connectivity index (χ2n) is 4.25. The fourth-order valence-electron chi connectivity index (χ4n) is 1.82. The number of rotatable bonds is 4. The molecule has 0 saturated carbocycles. The number of nitrogens with two attached hydrogens (primary N) is 1. The van der Waals surface area contributed by atoms with E-state index in [2.05, 4.69) is 15.9 Å². The third kappa shape index (κ3) is 2.97.